The number of para-hydroxylation sites is 2. The molecule has 0 bridgehead atoms. The molecule has 3 rings (SSSR count). The van der Waals surface area contributed by atoms with Gasteiger partial charge >= 0.3 is 0 Å². The zero-order chi connectivity index (χ0) is 31.6. The van der Waals surface area contributed by atoms with Gasteiger partial charge in [-0.3, -0.25) is 13.9 Å². The summed E-state index contributed by atoms with van der Waals surface area (Å²) in [7, 11) is -3.67. The number of amides is 2. The van der Waals surface area contributed by atoms with Crippen molar-refractivity contribution in [3.63, 3.8) is 0 Å². The molecule has 232 valence electrons. The number of hydrogen-bond acceptors (Lipinski definition) is 5. The van der Waals surface area contributed by atoms with Crippen LogP contribution < -0.4 is 14.4 Å². The lowest BCUT2D eigenvalue weighted by Gasteiger charge is -2.34. The lowest BCUT2D eigenvalue weighted by Crippen LogP contribution is -2.54. The van der Waals surface area contributed by atoms with Crippen LogP contribution in [-0.2, 0) is 32.6 Å². The first kappa shape index (κ1) is 33.9. The smallest absolute Gasteiger partial charge is 0.243 e. The molecule has 0 aliphatic carbocycles. The van der Waals surface area contributed by atoms with Crippen LogP contribution in [0.3, 0.4) is 0 Å². The number of carbonyl (C=O) groups is 2. The lowest BCUT2D eigenvalue weighted by molar-refractivity contribution is -0.142. The van der Waals surface area contributed by atoms with Gasteiger partial charge in [0.2, 0.25) is 21.8 Å². The van der Waals surface area contributed by atoms with E-state index in [9.17, 15) is 18.0 Å². The minimum Gasteiger partial charge on any atom is -0.492 e. The summed E-state index contributed by atoms with van der Waals surface area (Å²) in [6, 6.07) is 22.9. The number of halogens is 1. The van der Waals surface area contributed by atoms with E-state index in [0.29, 0.717) is 29.5 Å². The summed E-state index contributed by atoms with van der Waals surface area (Å²) in [5.41, 5.74) is 1.65. The fourth-order valence-corrected chi connectivity index (χ4v) is 5.81. The molecule has 0 saturated heterocycles. The number of ether oxygens (including phenoxy) is 1. The number of nitrogens with zero attached hydrogens (tertiary/aromatic N) is 2. The van der Waals surface area contributed by atoms with E-state index in [0.717, 1.165) is 17.4 Å². The van der Waals surface area contributed by atoms with Gasteiger partial charge in [-0.25, -0.2) is 8.42 Å². The average Bonchev–Trinajstić information content (AvgIpc) is 2.93. The predicted molar refractivity (Wildman–Crippen MR) is 173 cm³/mol. The third-order valence-electron chi connectivity index (χ3n) is 6.62. The number of nitrogens with one attached hydrogen (secondary N) is 1. The first-order valence-electron chi connectivity index (χ1n) is 14.4. The number of anilines is 1. The van der Waals surface area contributed by atoms with Gasteiger partial charge in [0.25, 0.3) is 0 Å². The third kappa shape index (κ3) is 10.6. The molecule has 8 nitrogen and oxygen atoms in total. The van der Waals surface area contributed by atoms with Gasteiger partial charge in [-0.2, -0.15) is 0 Å². The summed E-state index contributed by atoms with van der Waals surface area (Å²) >= 11 is 6.11. The molecule has 0 aliphatic heterocycles. The van der Waals surface area contributed by atoms with Crippen LogP contribution in [-0.4, -0.2) is 56.1 Å². The zero-order valence-corrected chi connectivity index (χ0v) is 27.1. The third-order valence-corrected chi connectivity index (χ3v) is 8.05. The number of carbonyl (C=O) groups excluding carboxylic acids is 2. The van der Waals surface area contributed by atoms with E-state index >= 15 is 0 Å². The number of sulfonamides is 1. The van der Waals surface area contributed by atoms with Gasteiger partial charge in [0.05, 0.1) is 18.6 Å². The van der Waals surface area contributed by atoms with E-state index in [1.165, 1.54) is 4.31 Å². The van der Waals surface area contributed by atoms with Gasteiger partial charge < -0.3 is 15.0 Å². The van der Waals surface area contributed by atoms with E-state index in [2.05, 4.69) is 5.32 Å². The van der Waals surface area contributed by atoms with Crippen molar-refractivity contribution >= 4 is 39.1 Å². The molecule has 0 saturated carbocycles. The lowest BCUT2D eigenvalue weighted by atomic mass is 10.00. The largest absolute Gasteiger partial charge is 0.492 e. The van der Waals surface area contributed by atoms with Crippen LogP contribution in [0, 0.1) is 0 Å². The summed E-state index contributed by atoms with van der Waals surface area (Å²) in [6.07, 6.45) is 1.73. The highest BCUT2D eigenvalue weighted by Gasteiger charge is 2.32. The van der Waals surface area contributed by atoms with Gasteiger partial charge in [0, 0.05) is 36.5 Å². The molecule has 0 heterocycles. The highest BCUT2D eigenvalue weighted by atomic mass is 35.5. The molecule has 1 N–H and O–H groups in total. The first-order chi connectivity index (χ1) is 20.3. The van der Waals surface area contributed by atoms with Crippen LogP contribution in [0.2, 0.25) is 5.02 Å². The number of rotatable bonds is 14. The maximum atomic E-state index is 14.0. The van der Waals surface area contributed by atoms with Crippen molar-refractivity contribution in [3.8, 4) is 5.75 Å². The molecule has 3 aromatic carbocycles. The Morgan fingerprint density at radius 2 is 1.56 bits per heavy atom. The summed E-state index contributed by atoms with van der Waals surface area (Å²) in [4.78, 5) is 29.3. The Morgan fingerprint density at radius 1 is 0.930 bits per heavy atom. The zero-order valence-electron chi connectivity index (χ0n) is 25.5. The van der Waals surface area contributed by atoms with Crippen molar-refractivity contribution in [2.24, 2.45) is 0 Å². The van der Waals surface area contributed by atoms with Gasteiger partial charge in [-0.1, -0.05) is 66.2 Å². The SMILES string of the molecule is CCOc1ccccc1N(CCCC(=O)N(Cc1ccc(Cl)cc1)[C@@H](Cc1ccccc1)C(=O)NC(C)(C)C)S(C)(=O)=O. The molecule has 0 unspecified atom stereocenters. The maximum absolute atomic E-state index is 14.0. The second-order valence-corrected chi connectivity index (χ2v) is 13.8. The number of benzene rings is 3. The van der Waals surface area contributed by atoms with Crippen LogP contribution in [0.5, 0.6) is 5.75 Å². The van der Waals surface area contributed by atoms with E-state index in [-0.39, 0.29) is 37.7 Å². The summed E-state index contributed by atoms with van der Waals surface area (Å²) in [5, 5.41) is 3.62. The van der Waals surface area contributed by atoms with Crippen LogP contribution in [0.4, 0.5) is 5.69 Å². The Kier molecular flexibility index (Phi) is 12.0. The van der Waals surface area contributed by atoms with Gasteiger partial charge in [-0.05, 0) is 69.5 Å². The van der Waals surface area contributed by atoms with Gasteiger partial charge in [0.15, 0.2) is 0 Å². The van der Waals surface area contributed by atoms with Gasteiger partial charge in [-0.15, -0.1) is 0 Å². The van der Waals surface area contributed by atoms with E-state index in [1.807, 2.05) is 70.2 Å². The second-order valence-electron chi connectivity index (χ2n) is 11.4. The molecular formula is C33H42ClN3O5S. The van der Waals surface area contributed by atoms with Crippen molar-refractivity contribution in [1.82, 2.24) is 10.2 Å². The van der Waals surface area contributed by atoms with E-state index < -0.39 is 21.6 Å². The molecule has 2 amide bonds. The van der Waals surface area contributed by atoms with Crippen LogP contribution in [0.15, 0.2) is 78.9 Å². The monoisotopic (exact) mass is 627 g/mol. The second kappa shape index (κ2) is 15.3. The molecule has 43 heavy (non-hydrogen) atoms. The van der Waals surface area contributed by atoms with Crippen molar-refractivity contribution in [2.45, 2.75) is 65.1 Å². The molecule has 0 spiro atoms. The topological polar surface area (TPSA) is 96.0 Å². The Hall–Kier alpha value is -3.56. The predicted octanol–water partition coefficient (Wildman–Crippen LogP) is 5.84. The van der Waals surface area contributed by atoms with Crippen LogP contribution in [0.1, 0.15) is 51.7 Å². The molecule has 0 aromatic heterocycles. The molecule has 0 radical (unpaired) electrons. The summed E-state index contributed by atoms with van der Waals surface area (Å²) < 4.78 is 32.6. The Balaban J connectivity index is 1.91. The van der Waals surface area contributed by atoms with Crippen molar-refractivity contribution < 1.29 is 22.7 Å². The highest BCUT2D eigenvalue weighted by Crippen LogP contribution is 2.30. The van der Waals surface area contributed by atoms with Crippen molar-refractivity contribution in [2.75, 3.05) is 23.7 Å². The number of hydrogen-bond donors (Lipinski definition) is 1. The van der Waals surface area contributed by atoms with Gasteiger partial charge in [0.1, 0.15) is 11.8 Å². The summed E-state index contributed by atoms with van der Waals surface area (Å²) in [5.74, 6) is -0.0681. The minimum absolute atomic E-state index is 0.0322. The molecule has 10 heteroatoms. The van der Waals surface area contributed by atoms with E-state index in [4.69, 9.17) is 16.3 Å². The standard InChI is InChI=1S/C33H42ClN3O5S/c1-6-42-30-16-11-10-15-28(30)37(43(5,40)41)22-12-17-31(38)36(24-26-18-20-27(34)21-19-26)29(32(39)35-33(2,3)4)23-25-13-8-7-9-14-25/h7-11,13-16,18-21,29H,6,12,17,22-24H2,1-5H3,(H,35,39)/t29-/m0/s1. The normalized spacial score (nSPS) is 12.3. The Morgan fingerprint density at radius 3 is 2.16 bits per heavy atom. The Labute approximate surface area is 261 Å². The van der Waals surface area contributed by atoms with Crippen LogP contribution in [0.25, 0.3) is 0 Å². The van der Waals surface area contributed by atoms with Crippen molar-refractivity contribution in [1.29, 1.82) is 0 Å². The summed E-state index contributed by atoms with van der Waals surface area (Å²) in [6.45, 7) is 8.17. The fraction of sp³-hybridized carbons (Fsp3) is 0.394. The molecule has 3 aromatic rings. The maximum Gasteiger partial charge on any atom is 0.243 e. The highest BCUT2D eigenvalue weighted by molar-refractivity contribution is 7.92. The van der Waals surface area contributed by atoms with Crippen molar-refractivity contribution in [3.05, 3.63) is 95.0 Å². The quantitative estimate of drug-likeness (QED) is 0.242. The van der Waals surface area contributed by atoms with E-state index in [1.54, 1.807) is 41.3 Å². The molecular weight excluding hydrogens is 586 g/mol. The Bertz CT molecular complexity index is 1460. The molecule has 0 fully saturated rings. The first-order valence-corrected chi connectivity index (χ1v) is 16.6. The average molecular weight is 628 g/mol. The molecule has 1 atom stereocenters. The minimum atomic E-state index is -3.67. The van der Waals surface area contributed by atoms with Crippen LogP contribution >= 0.6 is 11.6 Å². The fourth-order valence-electron chi connectivity index (χ4n) is 4.72. The molecule has 0 aliphatic rings.